The van der Waals surface area contributed by atoms with Crippen LogP contribution in [0.1, 0.15) is 59.4 Å². The molecule has 6 nitrogen and oxygen atoms in total. The van der Waals surface area contributed by atoms with Crippen molar-refractivity contribution in [3.63, 3.8) is 0 Å². The molecule has 160 valence electrons. The van der Waals surface area contributed by atoms with Crippen LogP contribution in [-0.4, -0.2) is 60.9 Å². The fourth-order valence-electron chi connectivity index (χ4n) is 2.60. The van der Waals surface area contributed by atoms with Gasteiger partial charge in [0, 0.05) is 37.1 Å². The van der Waals surface area contributed by atoms with Crippen LogP contribution in [0.2, 0.25) is 0 Å². The second-order valence-electron chi connectivity index (χ2n) is 8.89. The number of rotatable bonds is 2. The van der Waals surface area contributed by atoms with Crippen LogP contribution < -0.4 is 10.4 Å². The van der Waals surface area contributed by atoms with E-state index < -0.39 is 67.5 Å². The van der Waals surface area contributed by atoms with E-state index in [1.165, 1.54) is 26.8 Å². The zero-order valence-electron chi connectivity index (χ0n) is 25.7. The molecule has 0 N–H and O–H groups in total. The number of anilines is 1. The lowest BCUT2D eigenvalue weighted by Gasteiger charge is -2.36. The summed E-state index contributed by atoms with van der Waals surface area (Å²) in [7, 11) is -1.12. The van der Waals surface area contributed by atoms with Gasteiger partial charge in [0.2, 0.25) is 0 Å². The summed E-state index contributed by atoms with van der Waals surface area (Å²) < 4.78 is 99.6. The number of halogens is 1. The summed E-state index contributed by atoms with van der Waals surface area (Å²) in [6, 6.07) is 3.06. The molecular weight excluding hydrogens is 374 g/mol. The third-order valence-electron chi connectivity index (χ3n) is 4.87. The average molecular weight is 414 g/mol. The first kappa shape index (κ1) is 13.5. The van der Waals surface area contributed by atoms with Crippen LogP contribution >= 0.6 is 0 Å². The van der Waals surface area contributed by atoms with Crippen LogP contribution in [0.25, 0.3) is 0 Å². The molecule has 1 aromatic carbocycles. The number of nitrogens with zero attached hydrogens (tertiary/aromatic N) is 2. The van der Waals surface area contributed by atoms with Crippen molar-refractivity contribution in [3.8, 4) is 0 Å². The Balaban J connectivity index is 2.09. The van der Waals surface area contributed by atoms with E-state index in [-0.39, 0.29) is 15.3 Å². The van der Waals surface area contributed by atoms with E-state index in [1.54, 1.807) is 27.7 Å². The van der Waals surface area contributed by atoms with Gasteiger partial charge in [0.15, 0.2) is 0 Å². The molecule has 2 aliphatic heterocycles. The highest BCUT2D eigenvalue weighted by atomic mass is 19.1. The van der Waals surface area contributed by atoms with E-state index in [2.05, 4.69) is 0 Å². The minimum absolute atomic E-state index is 0.0538. The van der Waals surface area contributed by atoms with E-state index in [1.807, 2.05) is 0 Å². The second-order valence-corrected chi connectivity index (χ2v) is 8.89. The molecule has 2 fully saturated rings. The molecule has 0 atom stereocenters. The van der Waals surface area contributed by atoms with Gasteiger partial charge >= 0.3 is 13.2 Å². The van der Waals surface area contributed by atoms with Crippen LogP contribution in [0.15, 0.2) is 18.2 Å². The van der Waals surface area contributed by atoms with Gasteiger partial charge in [-0.25, -0.2) is 9.18 Å². The van der Waals surface area contributed by atoms with Crippen molar-refractivity contribution in [2.45, 2.75) is 65.3 Å². The highest BCUT2D eigenvalue weighted by molar-refractivity contribution is 6.62. The maximum atomic E-state index is 15.3. The quantitative estimate of drug-likeness (QED) is 0.696. The summed E-state index contributed by atoms with van der Waals surface area (Å²) in [5, 5.41) is 0. The Morgan fingerprint density at radius 1 is 1.14 bits per heavy atom. The van der Waals surface area contributed by atoms with E-state index in [9.17, 15) is 4.79 Å². The summed E-state index contributed by atoms with van der Waals surface area (Å²) in [5.41, 5.74) is -3.30. The molecular formula is C21H32BFN2O4. The zero-order valence-corrected chi connectivity index (χ0v) is 17.7. The fourth-order valence-corrected chi connectivity index (χ4v) is 2.60. The summed E-state index contributed by atoms with van der Waals surface area (Å²) >= 11 is 0. The van der Waals surface area contributed by atoms with Gasteiger partial charge in [-0.2, -0.15) is 0 Å². The average Bonchev–Trinajstić information content (AvgIpc) is 2.85. The SMILES string of the molecule is [2H]C1([2H])N(C(=O)OC(C)(C)C)C([2H])([2H])C([2H])([2H])N(c2ccc(B3OC(C)(C)C(C)(C)O3)c(F)c2)C1([2H])[2H]. The predicted octanol–water partition coefficient (Wildman–Crippen LogP) is 3.18. The minimum atomic E-state index is -3.45. The monoisotopic (exact) mass is 414 g/mol. The Morgan fingerprint density at radius 2 is 1.69 bits per heavy atom. The molecule has 1 amide bonds. The number of hydrogen-bond acceptors (Lipinski definition) is 5. The lowest BCUT2D eigenvalue weighted by molar-refractivity contribution is 0.00578. The van der Waals surface area contributed by atoms with E-state index in [0.717, 1.165) is 12.1 Å². The van der Waals surface area contributed by atoms with Crippen LogP contribution in [0, 0.1) is 5.82 Å². The summed E-state index contributed by atoms with van der Waals surface area (Å²) in [6.45, 7) is -2.23. The molecule has 0 radical (unpaired) electrons. The van der Waals surface area contributed by atoms with Gasteiger partial charge in [0.05, 0.1) is 22.2 Å². The van der Waals surface area contributed by atoms with Gasteiger partial charge in [0.1, 0.15) is 11.4 Å². The van der Waals surface area contributed by atoms with Crippen molar-refractivity contribution >= 4 is 24.4 Å². The van der Waals surface area contributed by atoms with Crippen molar-refractivity contribution in [3.05, 3.63) is 24.0 Å². The molecule has 2 heterocycles. The first-order valence-corrected chi connectivity index (χ1v) is 9.30. The Hall–Kier alpha value is -1.80. The molecule has 8 heteroatoms. The molecule has 0 unspecified atom stereocenters. The van der Waals surface area contributed by atoms with Gasteiger partial charge in [-0.15, -0.1) is 0 Å². The van der Waals surface area contributed by atoms with Crippen molar-refractivity contribution in [2.24, 2.45) is 0 Å². The number of carbonyl (C=O) groups excluding carboxylic acids is 1. The Kier molecular flexibility index (Phi) is 3.48. The highest BCUT2D eigenvalue weighted by Crippen LogP contribution is 2.36. The first-order chi connectivity index (χ1) is 16.3. The van der Waals surface area contributed by atoms with Crippen LogP contribution in [0.5, 0.6) is 0 Å². The first-order valence-electron chi connectivity index (χ1n) is 13.3. The molecule has 29 heavy (non-hydrogen) atoms. The molecule has 1 aromatic rings. The van der Waals surface area contributed by atoms with E-state index in [4.69, 9.17) is 25.0 Å². The molecule has 0 aliphatic carbocycles. The fraction of sp³-hybridized carbons (Fsp3) is 0.667. The maximum Gasteiger partial charge on any atom is 0.497 e. The number of ether oxygens (including phenoxy) is 1. The number of piperazine rings is 1. The van der Waals surface area contributed by atoms with Crippen LogP contribution in [0.3, 0.4) is 0 Å². The minimum Gasteiger partial charge on any atom is -0.444 e. The normalized spacial score (nSPS) is 32.5. The van der Waals surface area contributed by atoms with Gasteiger partial charge in [-0.3, -0.25) is 0 Å². The topological polar surface area (TPSA) is 51.2 Å². The van der Waals surface area contributed by atoms with Gasteiger partial charge in [-0.05, 0) is 60.6 Å². The molecule has 0 spiro atoms. The Labute approximate surface area is 184 Å². The third-order valence-corrected chi connectivity index (χ3v) is 4.87. The van der Waals surface area contributed by atoms with Crippen LogP contribution in [0.4, 0.5) is 14.9 Å². The predicted molar refractivity (Wildman–Crippen MR) is 112 cm³/mol. The smallest absolute Gasteiger partial charge is 0.444 e. The number of benzene rings is 1. The Morgan fingerprint density at radius 3 is 2.17 bits per heavy atom. The van der Waals surface area contributed by atoms with Crippen molar-refractivity contribution in [1.82, 2.24) is 4.90 Å². The third kappa shape index (κ3) is 4.69. The molecule has 0 bridgehead atoms. The Bertz CT molecular complexity index is 1050. The summed E-state index contributed by atoms with van der Waals surface area (Å²) in [5.74, 6) is -0.960. The largest absolute Gasteiger partial charge is 0.497 e. The van der Waals surface area contributed by atoms with Crippen molar-refractivity contribution in [1.29, 1.82) is 0 Å². The molecule has 2 aliphatic rings. The van der Waals surface area contributed by atoms with E-state index >= 15 is 4.39 Å². The number of carbonyl (C=O) groups is 1. The van der Waals surface area contributed by atoms with Gasteiger partial charge in [0.25, 0.3) is 0 Å². The lowest BCUT2D eigenvalue weighted by Crippen LogP contribution is -2.50. The number of hydrogen-bond donors (Lipinski definition) is 0. The van der Waals surface area contributed by atoms with E-state index in [0.29, 0.717) is 0 Å². The van der Waals surface area contributed by atoms with Crippen molar-refractivity contribution in [2.75, 3.05) is 30.9 Å². The lowest BCUT2D eigenvalue weighted by atomic mass is 9.78. The zero-order chi connectivity index (χ0) is 28.8. The van der Waals surface area contributed by atoms with Gasteiger partial charge in [-0.1, -0.05) is 6.07 Å². The van der Waals surface area contributed by atoms with Crippen LogP contribution in [-0.2, 0) is 14.0 Å². The second kappa shape index (κ2) is 7.47. The highest BCUT2D eigenvalue weighted by Gasteiger charge is 2.52. The van der Waals surface area contributed by atoms with Crippen molar-refractivity contribution < 1.29 is 34.2 Å². The summed E-state index contributed by atoms with van der Waals surface area (Å²) in [4.78, 5) is 12.8. The molecule has 0 aromatic heterocycles. The standard InChI is InChI=1S/C21H32BFN2O4/c1-19(2,3)27-18(26)25-12-10-24(11-13-25)15-8-9-16(17(23)14-15)22-28-20(4,5)21(6,7)29-22/h8-9,14H,10-13H2,1-7H3/i10D2,11D2,12D2,13D2. The molecule has 3 rings (SSSR count). The van der Waals surface area contributed by atoms with Gasteiger partial charge < -0.3 is 23.8 Å². The number of amides is 1. The maximum absolute atomic E-state index is 15.3. The summed E-state index contributed by atoms with van der Waals surface area (Å²) in [6.07, 6.45) is -1.59. The molecule has 2 saturated heterocycles. The molecule has 0 saturated carbocycles.